The second-order valence-corrected chi connectivity index (χ2v) is 7.31. The number of thiazole rings is 1. The molecule has 0 aromatic carbocycles. The highest BCUT2D eigenvalue weighted by atomic mass is 32.1. The van der Waals surface area contributed by atoms with Gasteiger partial charge in [-0.05, 0) is 40.2 Å². The number of unbranched alkanes of at least 4 members (excludes halogenated alkanes) is 1. The Hall–Kier alpha value is -2.48. The van der Waals surface area contributed by atoms with Gasteiger partial charge in [0.25, 0.3) is 5.91 Å². The molecule has 0 radical (unpaired) electrons. The Labute approximate surface area is 170 Å². The molecule has 8 heteroatoms. The third-order valence-electron chi connectivity index (χ3n) is 4.19. The molecule has 0 aliphatic carbocycles. The van der Waals surface area contributed by atoms with Crippen LogP contribution in [0.3, 0.4) is 0 Å². The topological polar surface area (TPSA) is 77.3 Å². The van der Waals surface area contributed by atoms with Crippen LogP contribution in [0.5, 0.6) is 0 Å². The summed E-state index contributed by atoms with van der Waals surface area (Å²) in [5.74, 6) is -0.564. The van der Waals surface area contributed by atoms with E-state index in [1.807, 2.05) is 24.7 Å². The predicted molar refractivity (Wildman–Crippen MR) is 112 cm³/mol. The van der Waals surface area contributed by atoms with Crippen LogP contribution < -0.4 is 4.90 Å². The lowest BCUT2D eigenvalue weighted by Gasteiger charge is -2.17. The average Bonchev–Trinajstić information content (AvgIpc) is 3.23. The Morgan fingerprint density at radius 3 is 2.61 bits per heavy atom. The zero-order valence-corrected chi connectivity index (χ0v) is 18.0. The number of ether oxygens (including phenoxy) is 1. The smallest absolute Gasteiger partial charge is 0.350 e. The first-order valence-electron chi connectivity index (χ1n) is 9.59. The monoisotopic (exact) mass is 404 g/mol. The maximum atomic E-state index is 12.9. The summed E-state index contributed by atoms with van der Waals surface area (Å²) in [5.41, 5.74) is 2.37. The van der Waals surface area contributed by atoms with Gasteiger partial charge in [0, 0.05) is 30.9 Å². The van der Waals surface area contributed by atoms with Gasteiger partial charge in [-0.1, -0.05) is 24.7 Å². The molecular formula is C20H28N4O3S. The number of hydrogen-bond donors (Lipinski definition) is 0. The zero-order valence-electron chi connectivity index (χ0n) is 17.2. The fourth-order valence-electron chi connectivity index (χ4n) is 2.61. The number of carbonyl (C=O) groups is 2. The fourth-order valence-corrected chi connectivity index (χ4v) is 3.60. The number of esters is 1. The Morgan fingerprint density at radius 2 is 2.00 bits per heavy atom. The Morgan fingerprint density at radius 1 is 1.25 bits per heavy atom. The number of rotatable bonds is 9. The third-order valence-corrected chi connectivity index (χ3v) is 5.35. The van der Waals surface area contributed by atoms with Gasteiger partial charge in [0.15, 0.2) is 5.13 Å². The number of hydrogen-bond acceptors (Lipinski definition) is 6. The van der Waals surface area contributed by atoms with E-state index in [0.29, 0.717) is 28.9 Å². The lowest BCUT2D eigenvalue weighted by molar-refractivity contribution is -0.114. The largest absolute Gasteiger partial charge is 0.462 e. The molecule has 0 fully saturated rings. The van der Waals surface area contributed by atoms with Crippen LogP contribution in [-0.2, 0) is 16.1 Å². The molecule has 28 heavy (non-hydrogen) atoms. The van der Waals surface area contributed by atoms with E-state index < -0.39 is 5.97 Å². The van der Waals surface area contributed by atoms with E-state index in [-0.39, 0.29) is 5.91 Å². The minimum absolute atomic E-state index is 0.166. The van der Waals surface area contributed by atoms with E-state index in [1.54, 1.807) is 30.9 Å². The first-order valence-corrected chi connectivity index (χ1v) is 10.4. The Bertz CT molecular complexity index is 854. The van der Waals surface area contributed by atoms with Gasteiger partial charge in [-0.15, -0.1) is 0 Å². The Kier molecular flexibility index (Phi) is 7.92. The van der Waals surface area contributed by atoms with Crippen LogP contribution in [0.4, 0.5) is 5.13 Å². The highest BCUT2D eigenvalue weighted by Crippen LogP contribution is 2.27. The predicted octanol–water partition coefficient (Wildman–Crippen LogP) is 4.00. The minimum Gasteiger partial charge on any atom is -0.462 e. The molecular weight excluding hydrogens is 376 g/mol. The summed E-state index contributed by atoms with van der Waals surface area (Å²) in [6, 6.07) is 0. The van der Waals surface area contributed by atoms with Gasteiger partial charge in [-0.3, -0.25) is 14.4 Å². The molecule has 0 unspecified atom stereocenters. The van der Waals surface area contributed by atoms with Crippen molar-refractivity contribution >= 4 is 34.4 Å². The van der Waals surface area contributed by atoms with Crippen molar-refractivity contribution in [2.75, 3.05) is 18.1 Å². The van der Waals surface area contributed by atoms with Crippen molar-refractivity contribution in [1.29, 1.82) is 0 Å². The normalized spacial score (nSPS) is 11.2. The molecule has 2 aromatic heterocycles. The molecule has 0 aliphatic rings. The van der Waals surface area contributed by atoms with Gasteiger partial charge >= 0.3 is 5.97 Å². The summed E-state index contributed by atoms with van der Waals surface area (Å²) in [7, 11) is 0. The summed E-state index contributed by atoms with van der Waals surface area (Å²) in [4.78, 5) is 31.5. The van der Waals surface area contributed by atoms with E-state index in [1.165, 1.54) is 11.3 Å². The van der Waals surface area contributed by atoms with Gasteiger partial charge in [-0.25, -0.2) is 9.78 Å². The minimum atomic E-state index is -0.398. The van der Waals surface area contributed by atoms with E-state index in [4.69, 9.17) is 4.74 Å². The van der Waals surface area contributed by atoms with Crippen LogP contribution >= 0.6 is 11.3 Å². The van der Waals surface area contributed by atoms with Crippen LogP contribution in [0.2, 0.25) is 0 Å². The van der Waals surface area contributed by atoms with Crippen molar-refractivity contribution in [2.24, 2.45) is 0 Å². The second kappa shape index (κ2) is 10.2. The van der Waals surface area contributed by atoms with Crippen molar-refractivity contribution in [3.05, 3.63) is 34.1 Å². The first-order chi connectivity index (χ1) is 13.4. The highest BCUT2D eigenvalue weighted by Gasteiger charge is 2.22. The summed E-state index contributed by atoms with van der Waals surface area (Å²) < 4.78 is 6.92. The molecule has 0 N–H and O–H groups in total. The molecule has 2 rings (SSSR count). The van der Waals surface area contributed by atoms with Gasteiger partial charge < -0.3 is 4.74 Å². The van der Waals surface area contributed by atoms with Crippen molar-refractivity contribution < 1.29 is 14.3 Å². The molecule has 0 spiro atoms. The summed E-state index contributed by atoms with van der Waals surface area (Å²) >= 11 is 1.20. The molecule has 2 aromatic rings. The molecule has 0 aliphatic heterocycles. The highest BCUT2D eigenvalue weighted by molar-refractivity contribution is 7.17. The average molecular weight is 405 g/mol. The third kappa shape index (κ3) is 5.28. The molecule has 152 valence electrons. The van der Waals surface area contributed by atoms with E-state index in [0.717, 1.165) is 30.6 Å². The maximum absolute atomic E-state index is 12.9. The van der Waals surface area contributed by atoms with E-state index in [9.17, 15) is 9.59 Å². The molecule has 1 amide bonds. The van der Waals surface area contributed by atoms with Crippen molar-refractivity contribution in [3.8, 4) is 0 Å². The maximum Gasteiger partial charge on any atom is 0.350 e. The first kappa shape index (κ1) is 21.8. The van der Waals surface area contributed by atoms with Crippen LogP contribution in [0.25, 0.3) is 6.08 Å². The zero-order chi connectivity index (χ0) is 20.7. The van der Waals surface area contributed by atoms with Crippen LogP contribution in [0.15, 0.2) is 12.3 Å². The molecule has 2 heterocycles. The second-order valence-electron chi connectivity index (χ2n) is 6.33. The summed E-state index contributed by atoms with van der Waals surface area (Å²) in [5, 5.41) is 4.91. The van der Waals surface area contributed by atoms with Gasteiger partial charge in [0.05, 0.1) is 18.0 Å². The molecule has 7 nitrogen and oxygen atoms in total. The number of aryl methyl sites for hydroxylation is 3. The van der Waals surface area contributed by atoms with Crippen molar-refractivity contribution in [3.63, 3.8) is 0 Å². The quantitative estimate of drug-likeness (QED) is 0.466. The molecule has 0 atom stereocenters. The van der Waals surface area contributed by atoms with Crippen LogP contribution in [-0.4, -0.2) is 39.8 Å². The number of amides is 1. The molecule has 0 bridgehead atoms. The van der Waals surface area contributed by atoms with E-state index >= 15 is 0 Å². The van der Waals surface area contributed by atoms with Gasteiger partial charge in [0.2, 0.25) is 0 Å². The molecule has 0 saturated heterocycles. The SMILES string of the molecule is CCCCN(C(=O)/C=C/c1cn(CC)nc1C)c1nc(C)c(C(=O)OCC)s1. The number of nitrogens with zero attached hydrogens (tertiary/aromatic N) is 4. The van der Waals surface area contributed by atoms with E-state index in [2.05, 4.69) is 17.0 Å². The van der Waals surface area contributed by atoms with Gasteiger partial charge in [-0.2, -0.15) is 5.10 Å². The summed E-state index contributed by atoms with van der Waals surface area (Å²) in [6.45, 7) is 11.1. The fraction of sp³-hybridized carbons (Fsp3) is 0.500. The van der Waals surface area contributed by atoms with Gasteiger partial charge in [0.1, 0.15) is 4.88 Å². The Balaban J connectivity index is 2.26. The number of anilines is 1. The van der Waals surface area contributed by atoms with Crippen LogP contribution in [0, 0.1) is 13.8 Å². The molecule has 0 saturated carbocycles. The van der Waals surface area contributed by atoms with Crippen molar-refractivity contribution in [1.82, 2.24) is 14.8 Å². The lowest BCUT2D eigenvalue weighted by atomic mass is 10.2. The standard InChI is InChI=1S/C20H28N4O3S/c1-6-9-12-24(20-21-15(5)18(28-20)19(26)27-8-3)17(25)11-10-16-13-23(7-2)22-14(16)4/h10-11,13H,6-9,12H2,1-5H3/b11-10+. The number of aromatic nitrogens is 3. The lowest BCUT2D eigenvalue weighted by Crippen LogP contribution is -2.30. The van der Waals surface area contributed by atoms with Crippen molar-refractivity contribution in [2.45, 2.75) is 54.0 Å². The number of carbonyl (C=O) groups excluding carboxylic acids is 2. The van der Waals surface area contributed by atoms with Crippen LogP contribution in [0.1, 0.15) is 60.2 Å². The summed E-state index contributed by atoms with van der Waals surface area (Å²) in [6.07, 6.45) is 7.04.